The van der Waals surface area contributed by atoms with Crippen molar-refractivity contribution in [1.29, 1.82) is 0 Å². The summed E-state index contributed by atoms with van der Waals surface area (Å²) >= 11 is 6.09. The molecule has 0 saturated heterocycles. The Morgan fingerprint density at radius 1 is 1.14 bits per heavy atom. The predicted molar refractivity (Wildman–Crippen MR) is 124 cm³/mol. The Labute approximate surface area is 207 Å². The van der Waals surface area contributed by atoms with Crippen LogP contribution in [-0.4, -0.2) is 55.6 Å². The first-order chi connectivity index (χ1) is 17.3. The van der Waals surface area contributed by atoms with Crippen LogP contribution < -0.4 is 4.74 Å². The van der Waals surface area contributed by atoms with E-state index in [9.17, 15) is 27.8 Å². The van der Waals surface area contributed by atoms with Crippen LogP contribution >= 0.6 is 11.6 Å². The average Bonchev–Trinajstić information content (AvgIpc) is 3.57. The largest absolute Gasteiger partial charge is 0.434 e. The van der Waals surface area contributed by atoms with Crippen molar-refractivity contribution in [3.63, 3.8) is 0 Å². The normalized spacial score (nSPS) is 20.9. The Bertz CT molecular complexity index is 1390. The fraction of sp³-hybridized carbons (Fsp3) is 0.333. The van der Waals surface area contributed by atoms with Gasteiger partial charge in [-0.25, -0.2) is 14.4 Å². The lowest BCUT2D eigenvalue weighted by atomic mass is 9.91. The number of rotatable bonds is 7. The van der Waals surface area contributed by atoms with Crippen molar-refractivity contribution in [2.24, 2.45) is 0 Å². The van der Waals surface area contributed by atoms with Crippen LogP contribution in [0.3, 0.4) is 0 Å². The highest BCUT2D eigenvalue weighted by Gasteiger charge is 2.34. The minimum atomic E-state index is -3.21. The fourth-order valence-corrected chi connectivity index (χ4v) is 5.04. The number of aromatic nitrogens is 4. The third-order valence-electron chi connectivity index (χ3n) is 6.54. The molecule has 4 N–H and O–H groups in total. The fourth-order valence-electron chi connectivity index (χ4n) is 4.75. The molecule has 0 spiro atoms. The summed E-state index contributed by atoms with van der Waals surface area (Å²) in [7, 11) is 0. The van der Waals surface area contributed by atoms with Crippen LogP contribution in [0.1, 0.15) is 41.6 Å². The zero-order chi connectivity index (χ0) is 25.6. The molecule has 0 amide bonds. The maximum absolute atomic E-state index is 14.4. The number of ether oxygens (including phenoxy) is 1. The van der Waals surface area contributed by atoms with Crippen molar-refractivity contribution >= 4 is 22.6 Å². The summed E-state index contributed by atoms with van der Waals surface area (Å²) in [6.07, 6.45) is 3.77. The Balaban J connectivity index is 1.54. The van der Waals surface area contributed by atoms with Gasteiger partial charge in [-0.05, 0) is 36.6 Å². The number of nitrogens with one attached hydrogen (secondary N) is 2. The molecule has 1 saturated carbocycles. The van der Waals surface area contributed by atoms with Crippen LogP contribution in [0.4, 0.5) is 17.6 Å². The van der Waals surface area contributed by atoms with Crippen molar-refractivity contribution in [1.82, 2.24) is 19.9 Å². The van der Waals surface area contributed by atoms with E-state index >= 15 is 0 Å². The van der Waals surface area contributed by atoms with Gasteiger partial charge in [0.1, 0.15) is 29.7 Å². The molecule has 5 rings (SSSR count). The Morgan fingerprint density at radius 3 is 2.58 bits per heavy atom. The van der Waals surface area contributed by atoms with Crippen molar-refractivity contribution in [2.75, 3.05) is 6.67 Å². The quantitative estimate of drug-likeness (QED) is 0.253. The first-order valence-electron chi connectivity index (χ1n) is 11.1. The molecule has 4 aromatic rings. The molecular weight excluding hydrogens is 504 g/mol. The summed E-state index contributed by atoms with van der Waals surface area (Å²) in [5.41, 5.74) is 1.71. The smallest absolute Gasteiger partial charge is 0.387 e. The SMILES string of the molecule is O[C@@H]1CC(c2ncc(-c3cnc4[nH]cc([C@H](CF)c5c(OC(F)F)ccc(F)c5Cl)c4c3)[nH]2)C[C@@H]1O. The van der Waals surface area contributed by atoms with Gasteiger partial charge in [0.2, 0.25) is 0 Å². The second-order valence-corrected chi connectivity index (χ2v) is 9.09. The van der Waals surface area contributed by atoms with Gasteiger partial charge in [0.15, 0.2) is 0 Å². The van der Waals surface area contributed by atoms with Gasteiger partial charge in [0, 0.05) is 40.7 Å². The molecule has 4 atom stereocenters. The number of aliphatic hydroxyl groups excluding tert-OH is 2. The van der Waals surface area contributed by atoms with Crippen LogP contribution in [0.2, 0.25) is 5.02 Å². The first kappa shape index (κ1) is 24.5. The summed E-state index contributed by atoms with van der Waals surface area (Å²) in [6.45, 7) is -4.28. The van der Waals surface area contributed by atoms with Gasteiger partial charge in [-0.1, -0.05) is 11.6 Å². The topological polar surface area (TPSA) is 107 Å². The molecule has 7 nitrogen and oxygen atoms in total. The number of hydrogen-bond acceptors (Lipinski definition) is 5. The molecule has 0 aliphatic heterocycles. The molecule has 3 heterocycles. The number of benzene rings is 1. The molecule has 1 aliphatic rings. The highest BCUT2D eigenvalue weighted by molar-refractivity contribution is 6.31. The van der Waals surface area contributed by atoms with Gasteiger partial charge < -0.3 is 24.9 Å². The molecule has 3 aromatic heterocycles. The predicted octanol–water partition coefficient (Wildman–Crippen LogP) is 5.05. The maximum Gasteiger partial charge on any atom is 0.387 e. The van der Waals surface area contributed by atoms with Gasteiger partial charge >= 0.3 is 6.61 Å². The highest BCUT2D eigenvalue weighted by atomic mass is 35.5. The lowest BCUT2D eigenvalue weighted by molar-refractivity contribution is -0.0506. The van der Waals surface area contributed by atoms with Crippen LogP contribution in [0.15, 0.2) is 36.8 Å². The van der Waals surface area contributed by atoms with E-state index in [0.29, 0.717) is 46.5 Å². The molecule has 1 aliphatic carbocycles. The summed E-state index contributed by atoms with van der Waals surface area (Å²) < 4.78 is 59.1. The van der Waals surface area contributed by atoms with E-state index < -0.39 is 48.0 Å². The molecule has 0 radical (unpaired) electrons. The van der Waals surface area contributed by atoms with Crippen molar-refractivity contribution in [3.05, 3.63) is 64.6 Å². The minimum Gasteiger partial charge on any atom is -0.434 e. The minimum absolute atomic E-state index is 0.137. The molecule has 36 heavy (non-hydrogen) atoms. The van der Waals surface area contributed by atoms with E-state index in [1.807, 2.05) is 0 Å². The van der Waals surface area contributed by atoms with Gasteiger partial charge in [-0.2, -0.15) is 8.78 Å². The van der Waals surface area contributed by atoms with Crippen LogP contribution in [-0.2, 0) is 0 Å². The third kappa shape index (κ3) is 4.42. The summed E-state index contributed by atoms with van der Waals surface area (Å²) in [6, 6.07) is 3.59. The van der Waals surface area contributed by atoms with E-state index in [-0.39, 0.29) is 11.5 Å². The number of nitrogens with zero attached hydrogens (tertiary/aromatic N) is 2. The molecule has 1 unspecified atom stereocenters. The number of aromatic amines is 2. The van der Waals surface area contributed by atoms with E-state index in [2.05, 4.69) is 24.7 Å². The Kier molecular flexibility index (Phi) is 6.62. The molecule has 190 valence electrons. The Hall–Kier alpha value is -3.15. The lowest BCUT2D eigenvalue weighted by Crippen LogP contribution is -2.17. The molecular formula is C24H21ClF4N4O3. The number of halogens is 5. The number of imidazole rings is 1. The number of aliphatic hydroxyl groups is 2. The van der Waals surface area contributed by atoms with Gasteiger partial charge in [0.05, 0.1) is 29.1 Å². The molecule has 12 heteroatoms. The van der Waals surface area contributed by atoms with Crippen LogP contribution in [0.25, 0.3) is 22.3 Å². The molecule has 1 aromatic carbocycles. The monoisotopic (exact) mass is 524 g/mol. The molecule has 0 bridgehead atoms. The molecule has 1 fully saturated rings. The lowest BCUT2D eigenvalue weighted by Gasteiger charge is -2.19. The van der Waals surface area contributed by atoms with E-state index in [1.165, 1.54) is 6.20 Å². The third-order valence-corrected chi connectivity index (χ3v) is 6.92. The van der Waals surface area contributed by atoms with Gasteiger partial charge in [-0.15, -0.1) is 0 Å². The average molecular weight is 525 g/mol. The van der Waals surface area contributed by atoms with Gasteiger partial charge in [0.25, 0.3) is 0 Å². The number of hydrogen-bond donors (Lipinski definition) is 4. The number of fused-ring (bicyclic) bond motifs is 1. The zero-order valence-corrected chi connectivity index (χ0v) is 19.3. The van der Waals surface area contributed by atoms with Crippen molar-refractivity contribution in [2.45, 2.75) is 43.5 Å². The zero-order valence-electron chi connectivity index (χ0n) is 18.6. The van der Waals surface area contributed by atoms with E-state index in [1.54, 1.807) is 18.5 Å². The second kappa shape index (κ2) is 9.72. The highest BCUT2D eigenvalue weighted by Crippen LogP contribution is 2.42. The van der Waals surface area contributed by atoms with E-state index in [4.69, 9.17) is 11.6 Å². The number of H-pyrrole nitrogens is 2. The van der Waals surface area contributed by atoms with E-state index in [0.717, 1.165) is 12.1 Å². The van der Waals surface area contributed by atoms with Crippen molar-refractivity contribution in [3.8, 4) is 17.0 Å². The number of pyridine rings is 1. The van der Waals surface area contributed by atoms with Crippen LogP contribution in [0.5, 0.6) is 5.75 Å². The second-order valence-electron chi connectivity index (χ2n) is 8.71. The van der Waals surface area contributed by atoms with Crippen LogP contribution in [0, 0.1) is 5.82 Å². The summed E-state index contributed by atoms with van der Waals surface area (Å²) in [5.74, 6) is -2.06. The summed E-state index contributed by atoms with van der Waals surface area (Å²) in [5, 5.41) is 19.6. The standard InChI is InChI=1S/C24H21ClF4N4O3/c25-21-15(27)1-2-19(36-24(28)29)20(21)13(6-26)14-8-31-23-12(14)3-11(7-30-23)16-9-32-22(33-16)10-4-17(34)18(35)5-10/h1-3,7-10,13,17-18,24,34-35H,4-6H2,(H,30,31)(H,32,33)/t10?,13-,17-,18+/m0/s1. The maximum atomic E-state index is 14.4. The number of alkyl halides is 3. The first-order valence-corrected chi connectivity index (χ1v) is 11.5. The van der Waals surface area contributed by atoms with Crippen molar-refractivity contribution < 1.29 is 32.5 Å². The van der Waals surface area contributed by atoms with Gasteiger partial charge in [-0.3, -0.25) is 4.39 Å². The Morgan fingerprint density at radius 2 is 1.89 bits per heavy atom. The summed E-state index contributed by atoms with van der Waals surface area (Å²) in [4.78, 5) is 14.8.